The Kier molecular flexibility index (Phi) is 3.68. The molecule has 0 saturated heterocycles. The van der Waals surface area contributed by atoms with Gasteiger partial charge >= 0.3 is 0 Å². The third kappa shape index (κ3) is 2.64. The van der Waals surface area contributed by atoms with E-state index in [9.17, 15) is 0 Å². The Labute approximate surface area is 88.5 Å². The first-order valence-electron chi connectivity index (χ1n) is 4.50. The molecule has 1 heterocycles. The molecule has 1 rings (SSSR count). The second kappa shape index (κ2) is 4.38. The molecular weight excluding hydrogens is 204 g/mol. The van der Waals surface area contributed by atoms with Crippen molar-refractivity contribution in [2.75, 3.05) is 0 Å². The van der Waals surface area contributed by atoms with E-state index < -0.39 is 0 Å². The van der Waals surface area contributed by atoms with E-state index in [0.717, 1.165) is 10.8 Å². The third-order valence-electron chi connectivity index (χ3n) is 2.05. The van der Waals surface area contributed by atoms with Crippen LogP contribution in [0.2, 0.25) is 0 Å². The topological polar surface area (TPSA) is 25.8 Å². The number of nitrogens with zero attached hydrogens (tertiary/aromatic N) is 2. The Morgan fingerprint density at radius 3 is 2.23 bits per heavy atom. The second-order valence-electron chi connectivity index (χ2n) is 3.61. The smallest absolute Gasteiger partial charge is 0.145 e. The Hall–Kier alpha value is -0.150. The fourth-order valence-corrected chi connectivity index (χ4v) is 2.00. The fourth-order valence-electron chi connectivity index (χ4n) is 0.863. The zero-order valence-electron chi connectivity index (χ0n) is 8.41. The van der Waals surface area contributed by atoms with Gasteiger partial charge in [0.25, 0.3) is 0 Å². The van der Waals surface area contributed by atoms with Crippen LogP contribution in [0.25, 0.3) is 0 Å². The van der Waals surface area contributed by atoms with Crippen LogP contribution < -0.4 is 0 Å². The maximum Gasteiger partial charge on any atom is 0.145 e. The van der Waals surface area contributed by atoms with Gasteiger partial charge in [-0.15, -0.1) is 11.6 Å². The van der Waals surface area contributed by atoms with Crippen molar-refractivity contribution in [1.29, 1.82) is 0 Å². The van der Waals surface area contributed by atoms with Crippen LogP contribution >= 0.6 is 23.1 Å². The minimum absolute atomic E-state index is 0.118. The van der Waals surface area contributed by atoms with E-state index in [1.165, 1.54) is 11.5 Å². The van der Waals surface area contributed by atoms with Gasteiger partial charge in [-0.25, -0.2) is 4.98 Å². The minimum Gasteiger partial charge on any atom is -0.224 e. The Bertz CT molecular complexity index is 270. The van der Waals surface area contributed by atoms with Gasteiger partial charge in [0.15, 0.2) is 0 Å². The third-order valence-corrected chi connectivity index (χ3v) is 3.36. The summed E-state index contributed by atoms with van der Waals surface area (Å²) >= 11 is 7.46. The first kappa shape index (κ1) is 10.9. The van der Waals surface area contributed by atoms with E-state index in [4.69, 9.17) is 11.6 Å². The lowest BCUT2D eigenvalue weighted by molar-refractivity contribution is 0.717. The molecule has 0 aliphatic carbocycles. The van der Waals surface area contributed by atoms with Gasteiger partial charge in [-0.2, -0.15) is 4.37 Å². The molecule has 0 fully saturated rings. The summed E-state index contributed by atoms with van der Waals surface area (Å²) in [4.78, 5) is 4.45. The molecule has 0 saturated carbocycles. The molecule has 0 aliphatic heterocycles. The van der Waals surface area contributed by atoms with Gasteiger partial charge in [-0.1, -0.05) is 20.8 Å². The van der Waals surface area contributed by atoms with Crippen molar-refractivity contribution in [3.63, 3.8) is 0 Å². The highest BCUT2D eigenvalue weighted by molar-refractivity contribution is 7.05. The number of aromatic nitrogens is 2. The van der Waals surface area contributed by atoms with Crippen LogP contribution in [0.3, 0.4) is 0 Å². The summed E-state index contributed by atoms with van der Waals surface area (Å²) < 4.78 is 4.29. The van der Waals surface area contributed by atoms with Crippen LogP contribution in [0.15, 0.2) is 0 Å². The predicted molar refractivity (Wildman–Crippen MR) is 57.7 cm³/mol. The lowest BCUT2D eigenvalue weighted by atomic mass is 10.1. The monoisotopic (exact) mass is 218 g/mol. The van der Waals surface area contributed by atoms with Crippen molar-refractivity contribution < 1.29 is 0 Å². The van der Waals surface area contributed by atoms with Crippen LogP contribution in [0.1, 0.15) is 50.4 Å². The predicted octanol–water partition coefficient (Wildman–Crippen LogP) is 3.39. The molecule has 0 radical (unpaired) electrons. The van der Waals surface area contributed by atoms with E-state index in [1.807, 2.05) is 6.92 Å². The number of rotatable bonds is 3. The zero-order valence-corrected chi connectivity index (χ0v) is 9.99. The Morgan fingerprint density at radius 1 is 1.23 bits per heavy atom. The summed E-state index contributed by atoms with van der Waals surface area (Å²) in [6.45, 7) is 8.27. The Morgan fingerprint density at radius 2 is 1.85 bits per heavy atom. The van der Waals surface area contributed by atoms with Gasteiger partial charge in [0.05, 0.1) is 0 Å². The van der Waals surface area contributed by atoms with Crippen LogP contribution in [0.5, 0.6) is 0 Å². The highest BCUT2D eigenvalue weighted by Crippen LogP contribution is 2.25. The highest BCUT2D eigenvalue weighted by atomic mass is 35.5. The van der Waals surface area contributed by atoms with Crippen LogP contribution in [-0.4, -0.2) is 14.7 Å². The first-order chi connectivity index (χ1) is 6.02. The average Bonchev–Trinajstić information content (AvgIpc) is 2.50. The lowest BCUT2D eigenvalue weighted by Crippen LogP contribution is -2.04. The van der Waals surface area contributed by atoms with Crippen molar-refractivity contribution in [1.82, 2.24) is 9.36 Å². The average molecular weight is 219 g/mol. The molecule has 2 atom stereocenters. The minimum atomic E-state index is 0.118. The molecule has 4 heteroatoms. The van der Waals surface area contributed by atoms with Crippen molar-refractivity contribution in [2.45, 2.75) is 44.9 Å². The molecule has 0 spiro atoms. The maximum atomic E-state index is 5.99. The Balaban J connectivity index is 2.79. The normalized spacial score (nSPS) is 16.2. The van der Waals surface area contributed by atoms with Crippen LogP contribution in [0.4, 0.5) is 0 Å². The molecule has 0 aromatic carbocycles. The molecule has 13 heavy (non-hydrogen) atoms. The molecule has 1 aromatic heterocycles. The van der Waals surface area contributed by atoms with Crippen molar-refractivity contribution in [3.8, 4) is 0 Å². The van der Waals surface area contributed by atoms with Gasteiger partial charge < -0.3 is 0 Å². The van der Waals surface area contributed by atoms with E-state index in [0.29, 0.717) is 11.8 Å². The van der Waals surface area contributed by atoms with E-state index >= 15 is 0 Å². The van der Waals surface area contributed by atoms with Gasteiger partial charge in [0, 0.05) is 17.2 Å². The molecule has 0 bridgehead atoms. The van der Waals surface area contributed by atoms with E-state index in [-0.39, 0.29) is 5.38 Å². The number of halogens is 1. The van der Waals surface area contributed by atoms with Crippen LogP contribution in [0, 0.1) is 0 Å². The second-order valence-corrected chi connectivity index (χ2v) is 5.08. The molecule has 2 unspecified atom stereocenters. The summed E-state index contributed by atoms with van der Waals surface area (Å²) in [5, 5.41) is 1.17. The number of hydrogen-bond donors (Lipinski definition) is 0. The van der Waals surface area contributed by atoms with Crippen molar-refractivity contribution in [2.24, 2.45) is 0 Å². The number of alkyl halides is 1. The fraction of sp³-hybridized carbons (Fsp3) is 0.778. The standard InChI is InChI=1S/C9H15ClN2S/c1-5(2)8-11-9(13-12-8)6(3)7(4)10/h5-7H,1-4H3. The van der Waals surface area contributed by atoms with E-state index in [1.54, 1.807) is 0 Å². The summed E-state index contributed by atoms with van der Waals surface area (Å²) in [5.74, 6) is 1.64. The molecule has 0 N–H and O–H groups in total. The number of hydrogen-bond acceptors (Lipinski definition) is 3. The highest BCUT2D eigenvalue weighted by Gasteiger charge is 2.17. The molecule has 0 amide bonds. The van der Waals surface area contributed by atoms with Gasteiger partial charge in [0.2, 0.25) is 0 Å². The van der Waals surface area contributed by atoms with Gasteiger partial charge in [-0.05, 0) is 18.5 Å². The molecule has 2 nitrogen and oxygen atoms in total. The largest absolute Gasteiger partial charge is 0.224 e. The summed E-state index contributed by atoms with van der Waals surface area (Å²) in [6, 6.07) is 0. The maximum absolute atomic E-state index is 5.99. The van der Waals surface area contributed by atoms with Gasteiger partial charge in [-0.3, -0.25) is 0 Å². The quantitative estimate of drug-likeness (QED) is 0.727. The molecule has 1 aromatic rings. The van der Waals surface area contributed by atoms with Crippen LogP contribution in [-0.2, 0) is 0 Å². The summed E-state index contributed by atoms with van der Waals surface area (Å²) in [7, 11) is 0. The molecular formula is C9H15ClN2S. The SMILES string of the molecule is CC(C)c1nsc(C(C)C(C)Cl)n1. The first-order valence-corrected chi connectivity index (χ1v) is 5.71. The molecule has 74 valence electrons. The van der Waals surface area contributed by atoms with Crippen molar-refractivity contribution in [3.05, 3.63) is 10.8 Å². The zero-order chi connectivity index (χ0) is 10.0. The summed E-state index contributed by atoms with van der Waals surface area (Å²) in [5.41, 5.74) is 0. The van der Waals surface area contributed by atoms with Crippen molar-refractivity contribution >= 4 is 23.1 Å². The molecule has 0 aliphatic rings. The summed E-state index contributed by atoms with van der Waals surface area (Å²) in [6.07, 6.45) is 0. The van der Waals surface area contributed by atoms with Gasteiger partial charge in [0.1, 0.15) is 10.8 Å². The lowest BCUT2D eigenvalue weighted by Gasteiger charge is -2.08. The van der Waals surface area contributed by atoms with E-state index in [2.05, 4.69) is 30.1 Å².